The Hall–Kier alpha value is -2.98. The summed E-state index contributed by atoms with van der Waals surface area (Å²) < 4.78 is 6.26. The largest absolute Gasteiger partial charge is 0.482 e. The standard InChI is InChI=1S/C22H16ClN3O/c1-22-13-6-5-11-16(22)18-15(10-7-12-17(18)27-22)20-24-19(25-21(23)26-20)14-8-3-2-4-9-14/h2-13,16H,1H3. The van der Waals surface area contributed by atoms with Gasteiger partial charge in [-0.05, 0) is 30.7 Å². The summed E-state index contributed by atoms with van der Waals surface area (Å²) in [5.41, 5.74) is 2.51. The Kier molecular flexibility index (Phi) is 3.62. The Labute approximate surface area is 162 Å². The van der Waals surface area contributed by atoms with Gasteiger partial charge in [0, 0.05) is 22.6 Å². The van der Waals surface area contributed by atoms with Crippen LogP contribution >= 0.6 is 11.6 Å². The maximum absolute atomic E-state index is 6.26. The molecular formula is C22H16ClN3O. The maximum atomic E-state index is 6.26. The molecule has 1 aliphatic heterocycles. The van der Waals surface area contributed by atoms with Crippen molar-refractivity contribution in [2.45, 2.75) is 18.4 Å². The lowest BCUT2D eigenvalue weighted by Gasteiger charge is -2.27. The SMILES string of the molecule is CC12C=CC=CC1c1c(cccc1-c1nc(Cl)nc(-c3ccccc3)n1)O2. The molecule has 5 rings (SSSR count). The Bertz CT molecular complexity index is 1090. The number of allylic oxidation sites excluding steroid dienone is 2. The van der Waals surface area contributed by atoms with Crippen molar-refractivity contribution in [3.05, 3.63) is 83.7 Å². The normalized spacial score (nSPS) is 22.2. The fraction of sp³-hybridized carbons (Fsp3) is 0.136. The molecule has 0 spiro atoms. The number of nitrogens with zero attached hydrogens (tertiary/aromatic N) is 3. The van der Waals surface area contributed by atoms with Gasteiger partial charge in [0.25, 0.3) is 0 Å². The van der Waals surface area contributed by atoms with Crippen LogP contribution in [-0.2, 0) is 0 Å². The van der Waals surface area contributed by atoms with Gasteiger partial charge in [-0.3, -0.25) is 0 Å². The second-order valence-electron chi connectivity index (χ2n) is 6.84. The molecule has 0 radical (unpaired) electrons. The lowest BCUT2D eigenvalue weighted by atomic mass is 9.80. The highest BCUT2D eigenvalue weighted by molar-refractivity contribution is 6.28. The highest BCUT2D eigenvalue weighted by Crippen LogP contribution is 2.50. The molecule has 2 unspecified atom stereocenters. The predicted molar refractivity (Wildman–Crippen MR) is 106 cm³/mol. The topological polar surface area (TPSA) is 47.9 Å². The molecule has 3 aromatic rings. The lowest BCUT2D eigenvalue weighted by molar-refractivity contribution is 0.155. The number of hydrogen-bond donors (Lipinski definition) is 0. The molecule has 0 saturated carbocycles. The first kappa shape index (κ1) is 16.2. The Morgan fingerprint density at radius 1 is 0.926 bits per heavy atom. The maximum Gasteiger partial charge on any atom is 0.226 e. The van der Waals surface area contributed by atoms with Gasteiger partial charge in [0.15, 0.2) is 11.6 Å². The van der Waals surface area contributed by atoms with E-state index in [9.17, 15) is 0 Å². The van der Waals surface area contributed by atoms with E-state index in [0.29, 0.717) is 11.6 Å². The fourth-order valence-corrected chi connectivity index (χ4v) is 3.93. The highest BCUT2D eigenvalue weighted by Gasteiger charge is 2.44. The lowest BCUT2D eigenvalue weighted by Crippen LogP contribution is -2.32. The van der Waals surface area contributed by atoms with Crippen LogP contribution in [0, 0.1) is 0 Å². The number of fused-ring (bicyclic) bond motifs is 3. The van der Waals surface area contributed by atoms with Crippen LogP contribution in [0.25, 0.3) is 22.8 Å². The van der Waals surface area contributed by atoms with Gasteiger partial charge in [-0.1, -0.05) is 60.7 Å². The van der Waals surface area contributed by atoms with Gasteiger partial charge in [-0.25, -0.2) is 4.98 Å². The summed E-state index contributed by atoms with van der Waals surface area (Å²) in [6.07, 6.45) is 8.33. The van der Waals surface area contributed by atoms with Gasteiger partial charge in [0.05, 0.1) is 0 Å². The number of ether oxygens (including phenoxy) is 1. The molecule has 0 N–H and O–H groups in total. The molecule has 4 nitrogen and oxygen atoms in total. The molecule has 0 amide bonds. The average molecular weight is 374 g/mol. The van der Waals surface area contributed by atoms with Crippen LogP contribution in [0.2, 0.25) is 5.28 Å². The molecule has 2 aliphatic rings. The minimum absolute atomic E-state index is 0.101. The van der Waals surface area contributed by atoms with Gasteiger partial charge >= 0.3 is 0 Å². The van der Waals surface area contributed by atoms with Crippen molar-refractivity contribution in [2.75, 3.05) is 0 Å². The predicted octanol–water partition coefficient (Wildman–Crippen LogP) is 5.22. The average Bonchev–Trinajstić information content (AvgIpc) is 3.00. The zero-order chi connectivity index (χ0) is 18.4. The van der Waals surface area contributed by atoms with Crippen molar-refractivity contribution in [3.63, 3.8) is 0 Å². The fourth-order valence-electron chi connectivity index (χ4n) is 3.77. The van der Waals surface area contributed by atoms with Crippen LogP contribution in [0.15, 0.2) is 72.8 Å². The van der Waals surface area contributed by atoms with Crippen molar-refractivity contribution in [1.82, 2.24) is 15.0 Å². The second-order valence-corrected chi connectivity index (χ2v) is 7.18. The summed E-state index contributed by atoms with van der Waals surface area (Å²) in [5, 5.41) is 0.178. The number of hydrogen-bond acceptors (Lipinski definition) is 4. The zero-order valence-electron chi connectivity index (χ0n) is 14.6. The summed E-state index contributed by atoms with van der Waals surface area (Å²) in [6.45, 7) is 2.09. The number of rotatable bonds is 2. The molecule has 2 heterocycles. The summed E-state index contributed by atoms with van der Waals surface area (Å²) >= 11 is 6.25. The van der Waals surface area contributed by atoms with Gasteiger partial charge < -0.3 is 4.74 Å². The van der Waals surface area contributed by atoms with E-state index >= 15 is 0 Å². The molecular weight excluding hydrogens is 358 g/mol. The van der Waals surface area contributed by atoms with Crippen molar-refractivity contribution < 1.29 is 4.74 Å². The first-order valence-corrected chi connectivity index (χ1v) is 9.17. The van der Waals surface area contributed by atoms with Crippen LogP contribution in [-0.4, -0.2) is 20.6 Å². The van der Waals surface area contributed by atoms with Crippen molar-refractivity contribution in [1.29, 1.82) is 0 Å². The van der Waals surface area contributed by atoms with Crippen LogP contribution < -0.4 is 4.74 Å². The zero-order valence-corrected chi connectivity index (χ0v) is 15.4. The van der Waals surface area contributed by atoms with Crippen molar-refractivity contribution in [2.24, 2.45) is 0 Å². The third kappa shape index (κ3) is 2.64. The van der Waals surface area contributed by atoms with Crippen molar-refractivity contribution in [3.8, 4) is 28.5 Å². The summed E-state index contributed by atoms with van der Waals surface area (Å²) in [5.74, 6) is 2.07. The van der Waals surface area contributed by atoms with Gasteiger partial charge in [-0.2, -0.15) is 9.97 Å². The molecule has 0 fully saturated rings. The van der Waals surface area contributed by atoms with Gasteiger partial charge in [0.1, 0.15) is 11.4 Å². The molecule has 1 aliphatic carbocycles. The molecule has 132 valence electrons. The van der Waals surface area contributed by atoms with Crippen LogP contribution in [0.3, 0.4) is 0 Å². The van der Waals surface area contributed by atoms with E-state index in [4.69, 9.17) is 21.3 Å². The summed E-state index contributed by atoms with van der Waals surface area (Å²) in [7, 11) is 0. The Balaban J connectivity index is 1.68. The Morgan fingerprint density at radius 3 is 2.59 bits per heavy atom. The minimum Gasteiger partial charge on any atom is -0.482 e. The third-order valence-electron chi connectivity index (χ3n) is 5.05. The van der Waals surface area contributed by atoms with E-state index in [0.717, 1.165) is 22.4 Å². The third-order valence-corrected chi connectivity index (χ3v) is 5.22. The smallest absolute Gasteiger partial charge is 0.226 e. The van der Waals surface area contributed by atoms with Gasteiger partial charge in [-0.15, -0.1) is 0 Å². The van der Waals surface area contributed by atoms with E-state index in [1.54, 1.807) is 0 Å². The van der Waals surface area contributed by atoms with E-state index in [2.05, 4.69) is 35.1 Å². The van der Waals surface area contributed by atoms with Crippen LogP contribution in [0.4, 0.5) is 0 Å². The quantitative estimate of drug-likeness (QED) is 0.618. The number of benzene rings is 2. The monoisotopic (exact) mass is 373 g/mol. The molecule has 2 aromatic carbocycles. The number of halogens is 1. The van der Waals surface area contributed by atoms with E-state index < -0.39 is 5.60 Å². The second kappa shape index (κ2) is 6.03. The Morgan fingerprint density at radius 2 is 1.74 bits per heavy atom. The molecule has 0 saturated heterocycles. The summed E-state index contributed by atoms with van der Waals surface area (Å²) in [6, 6.07) is 15.7. The van der Waals surface area contributed by atoms with Crippen LogP contribution in [0.5, 0.6) is 5.75 Å². The highest BCUT2D eigenvalue weighted by atomic mass is 35.5. The van der Waals surface area contributed by atoms with E-state index in [-0.39, 0.29) is 11.2 Å². The van der Waals surface area contributed by atoms with E-state index in [1.165, 1.54) is 0 Å². The molecule has 1 aromatic heterocycles. The molecule has 0 bridgehead atoms. The van der Waals surface area contributed by atoms with E-state index in [1.807, 2.05) is 54.6 Å². The number of aromatic nitrogens is 3. The summed E-state index contributed by atoms with van der Waals surface area (Å²) in [4.78, 5) is 13.4. The first-order valence-electron chi connectivity index (χ1n) is 8.79. The molecule has 2 atom stereocenters. The molecule has 27 heavy (non-hydrogen) atoms. The molecule has 5 heteroatoms. The van der Waals surface area contributed by atoms with Crippen LogP contribution in [0.1, 0.15) is 18.4 Å². The first-order chi connectivity index (χ1) is 13.1. The minimum atomic E-state index is -0.397. The van der Waals surface area contributed by atoms with Crippen molar-refractivity contribution >= 4 is 11.6 Å². The van der Waals surface area contributed by atoms with Gasteiger partial charge in [0.2, 0.25) is 5.28 Å².